The topological polar surface area (TPSA) is 103 Å². The normalized spacial score (nSPS) is 11.1. The molecular weight excluding hydrogens is 408 g/mol. The smallest absolute Gasteiger partial charge is 0.233 e. The quantitative estimate of drug-likeness (QED) is 0.189. The van der Waals surface area contributed by atoms with Crippen LogP contribution in [0.3, 0.4) is 0 Å². The molecule has 0 amide bonds. The summed E-state index contributed by atoms with van der Waals surface area (Å²) in [6.07, 6.45) is 23.6. The van der Waals surface area contributed by atoms with Crippen LogP contribution in [0.1, 0.15) is 115 Å². The molecule has 0 saturated heterocycles. The van der Waals surface area contributed by atoms with Gasteiger partial charge in [0, 0.05) is 5.69 Å². The van der Waals surface area contributed by atoms with E-state index in [1.54, 1.807) is 0 Å². The summed E-state index contributed by atoms with van der Waals surface area (Å²) < 4.78 is 0. The molecule has 6 heteroatoms. The minimum Gasteiger partial charge on any atom is -0.368 e. The number of hydrogen-bond donors (Lipinski definition) is 3. The molecule has 5 N–H and O–H groups in total. The molecular formula is C27H46N6. The largest absolute Gasteiger partial charge is 0.368 e. The number of benzene rings is 1. The molecule has 0 aliphatic carbocycles. The third-order valence-corrected chi connectivity index (χ3v) is 6.20. The Kier molecular flexibility index (Phi) is 14.0. The molecule has 0 fully saturated rings. The molecule has 0 unspecified atom stereocenters. The first-order valence-electron chi connectivity index (χ1n) is 13.3. The van der Waals surface area contributed by atoms with Crippen LogP contribution >= 0.6 is 0 Å². The maximum atomic E-state index is 5.61. The van der Waals surface area contributed by atoms with Gasteiger partial charge in [0.1, 0.15) is 0 Å². The number of nitrogens with zero attached hydrogens (tertiary/aromatic N) is 3. The lowest BCUT2D eigenvalue weighted by Crippen LogP contribution is -2.06. The first kappa shape index (κ1) is 26.9. The number of rotatable bonds is 19. The van der Waals surface area contributed by atoms with Crippen molar-refractivity contribution < 1.29 is 0 Å². The van der Waals surface area contributed by atoms with Crippen molar-refractivity contribution in [1.29, 1.82) is 0 Å². The molecule has 0 radical (unpaired) electrons. The molecule has 0 saturated carbocycles. The monoisotopic (exact) mass is 454 g/mol. The van der Waals surface area contributed by atoms with Gasteiger partial charge in [-0.2, -0.15) is 15.0 Å². The van der Waals surface area contributed by atoms with Crippen LogP contribution in [0, 0.1) is 0 Å². The molecule has 2 rings (SSSR count). The average molecular weight is 455 g/mol. The van der Waals surface area contributed by atoms with Gasteiger partial charge < -0.3 is 16.8 Å². The van der Waals surface area contributed by atoms with E-state index in [2.05, 4.69) is 39.3 Å². The second kappa shape index (κ2) is 17.2. The number of hydrogen-bond acceptors (Lipinski definition) is 6. The fraction of sp³-hybridized carbons (Fsp3) is 0.667. The zero-order valence-corrected chi connectivity index (χ0v) is 20.8. The van der Waals surface area contributed by atoms with E-state index < -0.39 is 0 Å². The van der Waals surface area contributed by atoms with Crippen LogP contribution in [0.5, 0.6) is 0 Å². The van der Waals surface area contributed by atoms with Crippen molar-refractivity contribution >= 4 is 23.5 Å². The highest BCUT2D eigenvalue weighted by Gasteiger charge is 2.03. The number of nitrogen functional groups attached to an aromatic ring is 2. The molecule has 1 heterocycles. The fourth-order valence-corrected chi connectivity index (χ4v) is 4.23. The molecule has 33 heavy (non-hydrogen) atoms. The molecule has 6 nitrogen and oxygen atoms in total. The molecule has 0 aliphatic heterocycles. The molecule has 2 aromatic rings. The van der Waals surface area contributed by atoms with Gasteiger partial charge in [0.25, 0.3) is 0 Å². The van der Waals surface area contributed by atoms with E-state index in [1.165, 1.54) is 108 Å². The van der Waals surface area contributed by atoms with E-state index in [0.29, 0.717) is 5.95 Å². The van der Waals surface area contributed by atoms with Gasteiger partial charge >= 0.3 is 0 Å². The Morgan fingerprint density at radius 3 is 1.45 bits per heavy atom. The highest BCUT2D eigenvalue weighted by Crippen LogP contribution is 2.17. The van der Waals surface area contributed by atoms with E-state index in [0.717, 1.165) is 12.1 Å². The van der Waals surface area contributed by atoms with Gasteiger partial charge in [-0.25, -0.2) is 0 Å². The zero-order valence-electron chi connectivity index (χ0n) is 20.8. The summed E-state index contributed by atoms with van der Waals surface area (Å²) >= 11 is 0. The summed E-state index contributed by atoms with van der Waals surface area (Å²) in [5.74, 6) is 0.598. The number of nitrogens with two attached hydrogens (primary N) is 2. The molecule has 0 aliphatic rings. The summed E-state index contributed by atoms with van der Waals surface area (Å²) in [6.45, 7) is 2.29. The Morgan fingerprint density at radius 2 is 1.00 bits per heavy atom. The fourth-order valence-electron chi connectivity index (χ4n) is 4.23. The van der Waals surface area contributed by atoms with Gasteiger partial charge in [-0.15, -0.1) is 0 Å². The maximum absolute atomic E-state index is 5.61. The summed E-state index contributed by atoms with van der Waals surface area (Å²) in [5, 5.41) is 3.11. The predicted molar refractivity (Wildman–Crippen MR) is 142 cm³/mol. The highest BCUT2D eigenvalue weighted by molar-refractivity contribution is 5.55. The Labute approximate surface area is 201 Å². The molecule has 184 valence electrons. The Bertz CT molecular complexity index is 727. The Hall–Kier alpha value is -2.37. The van der Waals surface area contributed by atoms with Crippen LogP contribution in [0.4, 0.5) is 23.5 Å². The minimum atomic E-state index is 0.116. The average Bonchev–Trinajstić information content (AvgIpc) is 2.79. The first-order chi connectivity index (χ1) is 16.2. The van der Waals surface area contributed by atoms with Crippen molar-refractivity contribution in [3.63, 3.8) is 0 Å². The van der Waals surface area contributed by atoms with Crippen LogP contribution in [-0.2, 0) is 6.42 Å². The van der Waals surface area contributed by atoms with Gasteiger partial charge in [-0.3, -0.25) is 0 Å². The standard InChI is InChI=1S/C27H46N6/c1-2-3-4-5-6-7-8-9-10-11-12-13-14-15-16-17-18-23-19-21-24(22-20-23)30-27-32-25(28)31-26(29)33-27/h19-22H,2-18H2,1H3,(H5,28,29,30,31,32,33). The Morgan fingerprint density at radius 1 is 0.576 bits per heavy atom. The predicted octanol–water partition coefficient (Wildman–Crippen LogP) is 7.58. The van der Waals surface area contributed by atoms with Crippen molar-refractivity contribution in [3.05, 3.63) is 29.8 Å². The number of nitrogens with one attached hydrogen (secondary N) is 1. The third-order valence-electron chi connectivity index (χ3n) is 6.20. The number of unbranched alkanes of at least 4 members (excludes halogenated alkanes) is 15. The van der Waals surface area contributed by atoms with Gasteiger partial charge in [0.2, 0.25) is 17.8 Å². The zero-order chi connectivity index (χ0) is 23.6. The van der Waals surface area contributed by atoms with E-state index in [1.807, 2.05) is 12.1 Å². The number of aromatic nitrogens is 3. The minimum absolute atomic E-state index is 0.116. The van der Waals surface area contributed by atoms with Crippen molar-refractivity contribution in [3.8, 4) is 0 Å². The van der Waals surface area contributed by atoms with Crippen LogP contribution in [0.25, 0.3) is 0 Å². The summed E-state index contributed by atoms with van der Waals surface area (Å²) in [7, 11) is 0. The van der Waals surface area contributed by atoms with E-state index >= 15 is 0 Å². The lowest BCUT2D eigenvalue weighted by Gasteiger charge is -2.07. The maximum Gasteiger partial charge on any atom is 0.233 e. The summed E-state index contributed by atoms with van der Waals surface area (Å²) in [5.41, 5.74) is 13.5. The van der Waals surface area contributed by atoms with Crippen LogP contribution in [-0.4, -0.2) is 15.0 Å². The summed E-state index contributed by atoms with van der Waals surface area (Å²) in [4.78, 5) is 11.9. The summed E-state index contributed by atoms with van der Waals surface area (Å²) in [6, 6.07) is 8.39. The van der Waals surface area contributed by atoms with Gasteiger partial charge in [0.15, 0.2) is 0 Å². The van der Waals surface area contributed by atoms with Gasteiger partial charge in [-0.1, -0.05) is 115 Å². The number of aryl methyl sites for hydroxylation is 1. The second-order valence-corrected chi connectivity index (χ2v) is 9.25. The van der Waals surface area contributed by atoms with Crippen molar-refractivity contribution in [2.45, 2.75) is 116 Å². The van der Waals surface area contributed by atoms with Crippen molar-refractivity contribution in [2.24, 2.45) is 0 Å². The molecule has 1 aromatic heterocycles. The van der Waals surface area contributed by atoms with Crippen molar-refractivity contribution in [1.82, 2.24) is 15.0 Å². The number of anilines is 4. The molecule has 0 spiro atoms. The van der Waals surface area contributed by atoms with E-state index in [9.17, 15) is 0 Å². The van der Waals surface area contributed by atoms with Gasteiger partial charge in [-0.05, 0) is 30.5 Å². The SMILES string of the molecule is CCCCCCCCCCCCCCCCCCc1ccc(Nc2nc(N)nc(N)n2)cc1. The third kappa shape index (κ3) is 13.1. The lowest BCUT2D eigenvalue weighted by molar-refractivity contribution is 0.529. The van der Waals surface area contributed by atoms with Gasteiger partial charge in [0.05, 0.1) is 0 Å². The highest BCUT2D eigenvalue weighted by atomic mass is 15.2. The Balaban J connectivity index is 1.42. The van der Waals surface area contributed by atoms with Crippen LogP contribution in [0.15, 0.2) is 24.3 Å². The van der Waals surface area contributed by atoms with E-state index in [4.69, 9.17) is 11.5 Å². The second-order valence-electron chi connectivity index (χ2n) is 9.25. The molecule has 1 aromatic carbocycles. The van der Waals surface area contributed by atoms with Crippen LogP contribution < -0.4 is 16.8 Å². The van der Waals surface area contributed by atoms with Crippen molar-refractivity contribution in [2.75, 3.05) is 16.8 Å². The lowest BCUT2D eigenvalue weighted by atomic mass is 10.0. The van der Waals surface area contributed by atoms with Crippen LogP contribution in [0.2, 0.25) is 0 Å². The van der Waals surface area contributed by atoms with E-state index in [-0.39, 0.29) is 11.9 Å². The molecule has 0 bridgehead atoms. The first-order valence-corrected chi connectivity index (χ1v) is 13.3. The molecule has 0 atom stereocenters.